The summed E-state index contributed by atoms with van der Waals surface area (Å²) in [5.41, 5.74) is 3.14. The fourth-order valence-electron chi connectivity index (χ4n) is 3.20. The Morgan fingerprint density at radius 2 is 1.95 bits per heavy atom. The van der Waals surface area contributed by atoms with Crippen molar-refractivity contribution in [1.29, 1.82) is 0 Å². The van der Waals surface area contributed by atoms with Crippen molar-refractivity contribution in [3.05, 3.63) is 22.9 Å². The van der Waals surface area contributed by atoms with E-state index in [1.54, 1.807) is 0 Å². The predicted octanol–water partition coefficient (Wildman–Crippen LogP) is 3.21. The number of nitrogens with zero attached hydrogens (tertiary/aromatic N) is 2. The van der Waals surface area contributed by atoms with E-state index in [2.05, 4.69) is 23.9 Å². The van der Waals surface area contributed by atoms with Crippen molar-refractivity contribution < 1.29 is 5.11 Å². The van der Waals surface area contributed by atoms with Gasteiger partial charge in [0.15, 0.2) is 0 Å². The van der Waals surface area contributed by atoms with Crippen molar-refractivity contribution >= 4 is 5.82 Å². The van der Waals surface area contributed by atoms with Gasteiger partial charge in [0.25, 0.3) is 0 Å². The van der Waals surface area contributed by atoms with E-state index in [-0.39, 0.29) is 6.61 Å². The average Bonchev–Trinajstić information content (AvgIpc) is 2.39. The first-order valence-electron chi connectivity index (χ1n) is 7.41. The third-order valence-corrected chi connectivity index (χ3v) is 4.23. The highest BCUT2D eigenvalue weighted by Crippen LogP contribution is 2.27. The van der Waals surface area contributed by atoms with Gasteiger partial charge in [-0.1, -0.05) is 19.3 Å². The molecule has 0 saturated heterocycles. The Bertz CT molecular complexity index is 425. The van der Waals surface area contributed by atoms with Gasteiger partial charge in [0.05, 0.1) is 6.61 Å². The highest BCUT2D eigenvalue weighted by Gasteiger charge is 2.18. The molecule has 1 aromatic heterocycles. The average molecular weight is 262 g/mol. The van der Waals surface area contributed by atoms with Gasteiger partial charge < -0.3 is 10.0 Å². The fourth-order valence-corrected chi connectivity index (χ4v) is 3.20. The van der Waals surface area contributed by atoms with Gasteiger partial charge in [-0.3, -0.25) is 0 Å². The zero-order valence-electron chi connectivity index (χ0n) is 12.4. The molecule has 0 amide bonds. The lowest BCUT2D eigenvalue weighted by molar-refractivity contribution is 0.280. The van der Waals surface area contributed by atoms with Crippen LogP contribution in [0.4, 0.5) is 5.82 Å². The minimum atomic E-state index is 0.0729. The van der Waals surface area contributed by atoms with E-state index in [0.717, 1.165) is 35.1 Å². The van der Waals surface area contributed by atoms with Crippen molar-refractivity contribution in [3.63, 3.8) is 0 Å². The number of rotatable bonds is 4. The Labute approximate surface area is 116 Å². The van der Waals surface area contributed by atoms with Crippen LogP contribution in [0.15, 0.2) is 6.07 Å². The molecule has 1 aromatic rings. The number of anilines is 1. The molecule has 2 rings (SSSR count). The molecule has 1 N–H and O–H groups in total. The second-order valence-corrected chi connectivity index (χ2v) is 5.93. The van der Waals surface area contributed by atoms with E-state index in [9.17, 15) is 5.11 Å². The molecule has 3 heteroatoms. The predicted molar refractivity (Wildman–Crippen MR) is 79.5 cm³/mol. The summed E-state index contributed by atoms with van der Waals surface area (Å²) in [7, 11) is 2.11. The lowest BCUT2D eigenvalue weighted by Crippen LogP contribution is -2.28. The first-order chi connectivity index (χ1) is 9.11. The van der Waals surface area contributed by atoms with Gasteiger partial charge in [-0.2, -0.15) is 0 Å². The topological polar surface area (TPSA) is 36.4 Å². The number of aryl methyl sites for hydroxylation is 2. The smallest absolute Gasteiger partial charge is 0.134 e. The van der Waals surface area contributed by atoms with Gasteiger partial charge in [0.2, 0.25) is 0 Å². The van der Waals surface area contributed by atoms with Crippen LogP contribution in [-0.4, -0.2) is 23.7 Å². The molecule has 1 aliphatic rings. The van der Waals surface area contributed by atoms with Crippen molar-refractivity contribution in [1.82, 2.24) is 4.98 Å². The SMILES string of the molecule is Cc1cc(C)c(CO)c(N(C)CC2CCCCC2)n1. The second kappa shape index (κ2) is 6.38. The number of hydrogen-bond donors (Lipinski definition) is 1. The highest BCUT2D eigenvalue weighted by molar-refractivity contribution is 5.50. The standard InChI is InChI=1S/C16H26N2O/c1-12-9-13(2)17-16(15(12)11-19)18(3)10-14-7-5-4-6-8-14/h9,14,19H,4-8,10-11H2,1-3H3. The molecular formula is C16H26N2O. The first kappa shape index (κ1) is 14.3. The summed E-state index contributed by atoms with van der Waals surface area (Å²) in [5, 5.41) is 9.58. The van der Waals surface area contributed by atoms with Crippen LogP contribution in [0.25, 0.3) is 0 Å². The van der Waals surface area contributed by atoms with Crippen LogP contribution in [0.1, 0.15) is 48.9 Å². The Kier molecular flexibility index (Phi) is 4.81. The van der Waals surface area contributed by atoms with Gasteiger partial charge >= 0.3 is 0 Å². The summed E-state index contributed by atoms with van der Waals surface area (Å²) in [6.45, 7) is 5.20. The molecule has 1 heterocycles. The molecule has 0 aliphatic heterocycles. The van der Waals surface area contributed by atoms with E-state index >= 15 is 0 Å². The summed E-state index contributed by atoms with van der Waals surface area (Å²) < 4.78 is 0. The van der Waals surface area contributed by atoms with Gasteiger partial charge in [0, 0.05) is 24.8 Å². The van der Waals surface area contributed by atoms with Gasteiger partial charge in [-0.25, -0.2) is 4.98 Å². The minimum Gasteiger partial charge on any atom is -0.392 e. The fraction of sp³-hybridized carbons (Fsp3) is 0.688. The Balaban J connectivity index is 2.15. The number of aromatic nitrogens is 1. The van der Waals surface area contributed by atoms with Gasteiger partial charge in [0.1, 0.15) is 5.82 Å². The van der Waals surface area contributed by atoms with Crippen LogP contribution in [0, 0.1) is 19.8 Å². The summed E-state index contributed by atoms with van der Waals surface area (Å²) in [6, 6.07) is 2.05. The van der Waals surface area contributed by atoms with E-state index in [1.807, 2.05) is 13.0 Å². The third-order valence-electron chi connectivity index (χ3n) is 4.23. The summed E-state index contributed by atoms with van der Waals surface area (Å²) >= 11 is 0. The largest absolute Gasteiger partial charge is 0.392 e. The molecule has 0 spiro atoms. The maximum atomic E-state index is 9.58. The van der Waals surface area contributed by atoms with Crippen LogP contribution >= 0.6 is 0 Å². The van der Waals surface area contributed by atoms with Crippen LogP contribution in [0.2, 0.25) is 0 Å². The molecule has 1 saturated carbocycles. The van der Waals surface area contributed by atoms with Gasteiger partial charge in [-0.15, -0.1) is 0 Å². The zero-order valence-corrected chi connectivity index (χ0v) is 12.4. The van der Waals surface area contributed by atoms with Crippen molar-refractivity contribution in [2.24, 2.45) is 5.92 Å². The van der Waals surface area contributed by atoms with Crippen LogP contribution in [-0.2, 0) is 6.61 Å². The molecular weight excluding hydrogens is 236 g/mol. The molecule has 1 aliphatic carbocycles. The molecule has 3 nitrogen and oxygen atoms in total. The van der Waals surface area contributed by atoms with Crippen molar-refractivity contribution in [2.45, 2.75) is 52.6 Å². The molecule has 0 radical (unpaired) electrons. The molecule has 0 aromatic carbocycles. The zero-order chi connectivity index (χ0) is 13.8. The Hall–Kier alpha value is -1.09. The van der Waals surface area contributed by atoms with Crippen molar-refractivity contribution in [3.8, 4) is 0 Å². The highest BCUT2D eigenvalue weighted by atomic mass is 16.3. The molecule has 0 atom stereocenters. The third kappa shape index (κ3) is 3.47. The molecule has 1 fully saturated rings. The lowest BCUT2D eigenvalue weighted by atomic mass is 9.89. The first-order valence-corrected chi connectivity index (χ1v) is 7.41. The molecule has 106 valence electrons. The normalized spacial score (nSPS) is 16.6. The van der Waals surface area contributed by atoms with Crippen LogP contribution in [0.3, 0.4) is 0 Å². The molecule has 0 bridgehead atoms. The van der Waals surface area contributed by atoms with Crippen molar-refractivity contribution in [2.75, 3.05) is 18.5 Å². The summed E-state index contributed by atoms with van der Waals surface area (Å²) in [5.74, 6) is 1.75. The van der Waals surface area contributed by atoms with Crippen LogP contribution in [0.5, 0.6) is 0 Å². The van der Waals surface area contributed by atoms with E-state index < -0.39 is 0 Å². The molecule has 19 heavy (non-hydrogen) atoms. The monoisotopic (exact) mass is 262 g/mol. The number of aliphatic hydroxyl groups excluding tert-OH is 1. The maximum absolute atomic E-state index is 9.58. The minimum absolute atomic E-state index is 0.0729. The van der Waals surface area contributed by atoms with Crippen LogP contribution < -0.4 is 4.90 Å². The number of aliphatic hydroxyl groups is 1. The lowest BCUT2D eigenvalue weighted by Gasteiger charge is -2.29. The Morgan fingerprint density at radius 3 is 2.58 bits per heavy atom. The molecule has 0 unspecified atom stereocenters. The van der Waals surface area contributed by atoms with E-state index in [4.69, 9.17) is 0 Å². The quantitative estimate of drug-likeness (QED) is 0.905. The second-order valence-electron chi connectivity index (χ2n) is 5.93. The van der Waals surface area contributed by atoms with Gasteiger partial charge in [-0.05, 0) is 44.2 Å². The summed E-state index contributed by atoms with van der Waals surface area (Å²) in [6.07, 6.45) is 6.80. The Morgan fingerprint density at radius 1 is 1.26 bits per heavy atom. The number of hydrogen-bond acceptors (Lipinski definition) is 3. The maximum Gasteiger partial charge on any atom is 0.134 e. The number of pyridine rings is 1. The van der Waals surface area contributed by atoms with E-state index in [1.165, 1.54) is 32.1 Å². The summed E-state index contributed by atoms with van der Waals surface area (Å²) in [4.78, 5) is 6.87. The van der Waals surface area contributed by atoms with E-state index in [0.29, 0.717) is 0 Å².